The van der Waals surface area contributed by atoms with E-state index in [-0.39, 0.29) is 6.54 Å². The molecule has 0 aromatic carbocycles. The van der Waals surface area contributed by atoms with Gasteiger partial charge in [0, 0.05) is 6.54 Å². The van der Waals surface area contributed by atoms with Crippen molar-refractivity contribution in [3.05, 3.63) is 0 Å². The maximum Gasteiger partial charge on any atom is 0.317 e. The summed E-state index contributed by atoms with van der Waals surface area (Å²) in [5.74, 6) is -0.818. The van der Waals surface area contributed by atoms with E-state index in [0.717, 1.165) is 0 Å². The van der Waals surface area contributed by atoms with Gasteiger partial charge < -0.3 is 10.8 Å². The molecule has 0 rings (SSSR count). The van der Waals surface area contributed by atoms with Crippen LogP contribution in [0.1, 0.15) is 13.8 Å². The van der Waals surface area contributed by atoms with Gasteiger partial charge in [-0.15, -0.1) is 11.8 Å². The Hall–Kier alpha value is -0.220. The summed E-state index contributed by atoms with van der Waals surface area (Å²) < 4.78 is 0. The number of aliphatic carboxylic acids is 1. The number of nitrogens with two attached hydrogens (primary N) is 1. The van der Waals surface area contributed by atoms with Crippen LogP contribution in [0, 0.1) is 0 Å². The van der Waals surface area contributed by atoms with Gasteiger partial charge in [0.1, 0.15) is 5.25 Å². The van der Waals surface area contributed by atoms with Crippen LogP contribution in [0.3, 0.4) is 0 Å². The molecule has 0 saturated heterocycles. The van der Waals surface area contributed by atoms with E-state index in [0.29, 0.717) is 5.25 Å². The van der Waals surface area contributed by atoms with Crippen LogP contribution in [0.15, 0.2) is 0 Å². The highest BCUT2D eigenvalue weighted by Crippen LogP contribution is 2.15. The standard InChI is InChI=1S/C6H13NO2S/c1-4(2)10-5(3-7)6(8)9/h4-5H,3,7H2,1-2H3,(H,8,9). The Morgan fingerprint density at radius 2 is 2.20 bits per heavy atom. The molecule has 4 heteroatoms. The summed E-state index contributed by atoms with van der Waals surface area (Å²) in [6.07, 6.45) is 0. The summed E-state index contributed by atoms with van der Waals surface area (Å²) >= 11 is 1.38. The first-order valence-corrected chi connectivity index (χ1v) is 4.10. The van der Waals surface area contributed by atoms with Crippen molar-refractivity contribution in [2.24, 2.45) is 5.73 Å². The molecule has 0 amide bonds. The second-order valence-corrected chi connectivity index (χ2v) is 4.03. The van der Waals surface area contributed by atoms with E-state index in [1.165, 1.54) is 11.8 Å². The first-order chi connectivity index (χ1) is 4.57. The summed E-state index contributed by atoms with van der Waals surface area (Å²) in [5, 5.41) is 8.40. The van der Waals surface area contributed by atoms with Crippen molar-refractivity contribution >= 4 is 17.7 Å². The number of carbonyl (C=O) groups is 1. The van der Waals surface area contributed by atoms with Crippen LogP contribution in [-0.2, 0) is 4.79 Å². The quantitative estimate of drug-likeness (QED) is 0.635. The van der Waals surface area contributed by atoms with Gasteiger partial charge in [-0.05, 0) is 5.25 Å². The highest BCUT2D eigenvalue weighted by Gasteiger charge is 2.16. The van der Waals surface area contributed by atoms with Crippen molar-refractivity contribution in [3.63, 3.8) is 0 Å². The van der Waals surface area contributed by atoms with Gasteiger partial charge in [-0.2, -0.15) is 0 Å². The van der Waals surface area contributed by atoms with E-state index in [1.807, 2.05) is 13.8 Å². The summed E-state index contributed by atoms with van der Waals surface area (Å²) in [4.78, 5) is 10.4. The molecule has 0 aliphatic heterocycles. The number of hydrogen-bond donors (Lipinski definition) is 2. The summed E-state index contributed by atoms with van der Waals surface area (Å²) in [6.45, 7) is 4.12. The third-order valence-corrected chi connectivity index (χ3v) is 2.19. The maximum absolute atomic E-state index is 10.4. The van der Waals surface area contributed by atoms with Crippen LogP contribution in [0.2, 0.25) is 0 Å². The van der Waals surface area contributed by atoms with Gasteiger partial charge >= 0.3 is 5.97 Å². The minimum atomic E-state index is -0.818. The van der Waals surface area contributed by atoms with Gasteiger partial charge in [0.05, 0.1) is 0 Å². The zero-order chi connectivity index (χ0) is 8.15. The average molecular weight is 163 g/mol. The Balaban J connectivity index is 3.72. The Labute approximate surface area is 65.0 Å². The molecule has 0 saturated carbocycles. The molecule has 1 unspecified atom stereocenters. The van der Waals surface area contributed by atoms with E-state index < -0.39 is 11.2 Å². The van der Waals surface area contributed by atoms with Crippen molar-refractivity contribution in [2.75, 3.05) is 6.54 Å². The van der Waals surface area contributed by atoms with Gasteiger partial charge in [-0.3, -0.25) is 4.79 Å². The minimum Gasteiger partial charge on any atom is -0.480 e. The lowest BCUT2D eigenvalue weighted by atomic mass is 10.4. The number of thioether (sulfide) groups is 1. The first-order valence-electron chi connectivity index (χ1n) is 3.16. The molecule has 0 radical (unpaired) electrons. The Morgan fingerprint density at radius 3 is 2.30 bits per heavy atom. The Kier molecular flexibility index (Phi) is 4.47. The molecule has 0 aromatic heterocycles. The lowest BCUT2D eigenvalue weighted by Crippen LogP contribution is -2.27. The molecule has 60 valence electrons. The van der Waals surface area contributed by atoms with Crippen molar-refractivity contribution in [2.45, 2.75) is 24.3 Å². The fourth-order valence-electron chi connectivity index (χ4n) is 0.543. The van der Waals surface area contributed by atoms with E-state index in [2.05, 4.69) is 0 Å². The van der Waals surface area contributed by atoms with Crippen LogP contribution in [0.5, 0.6) is 0 Å². The van der Waals surface area contributed by atoms with Gasteiger partial charge in [0.25, 0.3) is 0 Å². The van der Waals surface area contributed by atoms with Crippen LogP contribution < -0.4 is 5.73 Å². The molecule has 0 aliphatic carbocycles. The molecule has 0 spiro atoms. The average Bonchev–Trinajstić information content (AvgIpc) is 1.81. The Bertz CT molecular complexity index is 116. The fourth-order valence-corrected chi connectivity index (χ4v) is 1.43. The van der Waals surface area contributed by atoms with Gasteiger partial charge in [-0.25, -0.2) is 0 Å². The molecule has 0 heterocycles. The fraction of sp³-hybridized carbons (Fsp3) is 0.833. The normalized spacial score (nSPS) is 13.6. The van der Waals surface area contributed by atoms with E-state index in [9.17, 15) is 4.79 Å². The van der Waals surface area contributed by atoms with Crippen LogP contribution in [-0.4, -0.2) is 28.1 Å². The second kappa shape index (κ2) is 4.57. The highest BCUT2D eigenvalue weighted by molar-refractivity contribution is 8.01. The summed E-state index contributed by atoms with van der Waals surface area (Å²) in [7, 11) is 0. The molecule has 1 atom stereocenters. The molecular formula is C6H13NO2S. The van der Waals surface area contributed by atoms with Crippen molar-refractivity contribution in [1.29, 1.82) is 0 Å². The van der Waals surface area contributed by atoms with Crippen molar-refractivity contribution < 1.29 is 9.90 Å². The summed E-state index contributed by atoms with van der Waals surface area (Å²) in [5.41, 5.74) is 5.22. The zero-order valence-electron chi connectivity index (χ0n) is 6.20. The molecule has 0 bridgehead atoms. The van der Waals surface area contributed by atoms with Gasteiger partial charge in [0.15, 0.2) is 0 Å². The number of rotatable bonds is 4. The molecule has 0 fully saturated rings. The predicted molar refractivity (Wildman–Crippen MR) is 43.2 cm³/mol. The van der Waals surface area contributed by atoms with Crippen molar-refractivity contribution in [1.82, 2.24) is 0 Å². The Morgan fingerprint density at radius 1 is 1.70 bits per heavy atom. The molecule has 0 aliphatic rings. The smallest absolute Gasteiger partial charge is 0.317 e. The molecule has 3 N–H and O–H groups in total. The SMILES string of the molecule is CC(C)SC(CN)C(=O)O. The molecule has 10 heavy (non-hydrogen) atoms. The lowest BCUT2D eigenvalue weighted by Gasteiger charge is -2.10. The third-order valence-electron chi connectivity index (χ3n) is 0.926. The maximum atomic E-state index is 10.4. The van der Waals surface area contributed by atoms with Gasteiger partial charge in [-0.1, -0.05) is 13.8 Å². The largest absolute Gasteiger partial charge is 0.480 e. The zero-order valence-corrected chi connectivity index (χ0v) is 7.02. The molecular weight excluding hydrogens is 150 g/mol. The first kappa shape index (κ1) is 9.78. The van der Waals surface area contributed by atoms with Gasteiger partial charge in [0.2, 0.25) is 0 Å². The van der Waals surface area contributed by atoms with E-state index in [4.69, 9.17) is 10.8 Å². The number of carboxylic acids is 1. The van der Waals surface area contributed by atoms with E-state index in [1.54, 1.807) is 0 Å². The lowest BCUT2D eigenvalue weighted by molar-refractivity contribution is -0.136. The molecule has 3 nitrogen and oxygen atoms in total. The highest BCUT2D eigenvalue weighted by atomic mass is 32.2. The topological polar surface area (TPSA) is 63.3 Å². The minimum absolute atomic E-state index is 0.207. The number of hydrogen-bond acceptors (Lipinski definition) is 3. The number of carboxylic acid groups (broad SMARTS) is 1. The third kappa shape index (κ3) is 3.74. The van der Waals surface area contributed by atoms with E-state index >= 15 is 0 Å². The predicted octanol–water partition coefficient (Wildman–Crippen LogP) is 0.540. The molecule has 0 aromatic rings. The van der Waals surface area contributed by atoms with Crippen LogP contribution in [0.25, 0.3) is 0 Å². The summed E-state index contributed by atoms with van der Waals surface area (Å²) in [6, 6.07) is 0. The monoisotopic (exact) mass is 163 g/mol. The van der Waals surface area contributed by atoms with Crippen LogP contribution in [0.4, 0.5) is 0 Å². The van der Waals surface area contributed by atoms with Crippen molar-refractivity contribution in [3.8, 4) is 0 Å². The second-order valence-electron chi connectivity index (χ2n) is 2.25. The van der Waals surface area contributed by atoms with Crippen LogP contribution >= 0.6 is 11.8 Å².